The van der Waals surface area contributed by atoms with Crippen LogP contribution in [0.4, 0.5) is 0 Å². The quantitative estimate of drug-likeness (QED) is 0.702. The van der Waals surface area contributed by atoms with Crippen LogP contribution in [0.1, 0.15) is 32.1 Å². The van der Waals surface area contributed by atoms with E-state index in [1.165, 1.54) is 0 Å². The Bertz CT molecular complexity index is 286. The van der Waals surface area contributed by atoms with Crippen molar-refractivity contribution < 1.29 is 19.8 Å². The van der Waals surface area contributed by atoms with Gasteiger partial charge in [0.2, 0.25) is 0 Å². The maximum absolute atomic E-state index is 11.2. The molecule has 14 heavy (non-hydrogen) atoms. The van der Waals surface area contributed by atoms with Crippen LogP contribution in [-0.2, 0) is 9.59 Å². The molecular weight excluding hydrogens is 184 g/mol. The fourth-order valence-electron chi connectivity index (χ4n) is 3.28. The van der Waals surface area contributed by atoms with Crippen LogP contribution in [0.25, 0.3) is 0 Å². The summed E-state index contributed by atoms with van der Waals surface area (Å²) in [5.41, 5.74) is -0.705. The minimum Gasteiger partial charge on any atom is -0.481 e. The zero-order valence-corrected chi connectivity index (χ0v) is 7.90. The Labute approximate surface area is 81.9 Å². The summed E-state index contributed by atoms with van der Waals surface area (Å²) < 4.78 is 0. The summed E-state index contributed by atoms with van der Waals surface area (Å²) in [5, 5.41) is 18.1. The molecule has 0 unspecified atom stereocenters. The van der Waals surface area contributed by atoms with Crippen molar-refractivity contribution >= 4 is 11.9 Å². The summed E-state index contributed by atoms with van der Waals surface area (Å²) in [7, 11) is 0. The van der Waals surface area contributed by atoms with E-state index in [4.69, 9.17) is 5.11 Å². The SMILES string of the molecule is O=C(O)[C@@H]1CC[C@@]2(C(=O)O)CCC[C@@H]12. The van der Waals surface area contributed by atoms with Gasteiger partial charge in [0, 0.05) is 0 Å². The highest BCUT2D eigenvalue weighted by Crippen LogP contribution is 2.57. The second kappa shape index (κ2) is 2.97. The van der Waals surface area contributed by atoms with Gasteiger partial charge in [-0.3, -0.25) is 9.59 Å². The van der Waals surface area contributed by atoms with Crippen molar-refractivity contribution in [3.05, 3.63) is 0 Å². The van der Waals surface area contributed by atoms with Gasteiger partial charge in [-0.2, -0.15) is 0 Å². The number of carboxylic acids is 2. The molecule has 0 aromatic rings. The van der Waals surface area contributed by atoms with E-state index < -0.39 is 23.3 Å². The van der Waals surface area contributed by atoms with Crippen molar-refractivity contribution in [2.24, 2.45) is 17.3 Å². The van der Waals surface area contributed by atoms with E-state index in [1.54, 1.807) is 0 Å². The van der Waals surface area contributed by atoms with Crippen LogP contribution in [0.5, 0.6) is 0 Å². The largest absolute Gasteiger partial charge is 0.481 e. The van der Waals surface area contributed by atoms with E-state index in [9.17, 15) is 14.7 Å². The summed E-state index contributed by atoms with van der Waals surface area (Å²) in [6, 6.07) is 0. The Morgan fingerprint density at radius 2 is 1.86 bits per heavy atom. The third-order valence-corrected chi connectivity index (χ3v) is 3.98. The zero-order valence-electron chi connectivity index (χ0n) is 7.90. The normalized spacial score (nSPS) is 40.9. The van der Waals surface area contributed by atoms with Crippen LogP contribution < -0.4 is 0 Å². The molecule has 2 aliphatic carbocycles. The zero-order chi connectivity index (χ0) is 10.3. The standard InChI is InChI=1S/C10H14O4/c11-8(12)6-3-5-10(9(13)14)4-1-2-7(6)10/h6-7H,1-5H2,(H,11,12)(H,13,14)/t6-,7+,10+/m1/s1. The first-order valence-corrected chi connectivity index (χ1v) is 5.04. The lowest BCUT2D eigenvalue weighted by atomic mass is 9.78. The van der Waals surface area contributed by atoms with Crippen LogP contribution in [0.2, 0.25) is 0 Å². The fourth-order valence-corrected chi connectivity index (χ4v) is 3.28. The molecule has 2 fully saturated rings. The van der Waals surface area contributed by atoms with Crippen LogP contribution in [-0.4, -0.2) is 22.2 Å². The Morgan fingerprint density at radius 3 is 2.43 bits per heavy atom. The van der Waals surface area contributed by atoms with E-state index >= 15 is 0 Å². The molecule has 3 atom stereocenters. The van der Waals surface area contributed by atoms with Gasteiger partial charge in [-0.25, -0.2) is 0 Å². The summed E-state index contributed by atoms with van der Waals surface area (Å²) in [6.45, 7) is 0. The third kappa shape index (κ3) is 1.06. The topological polar surface area (TPSA) is 74.6 Å². The second-order valence-electron chi connectivity index (χ2n) is 4.44. The number of rotatable bonds is 2. The van der Waals surface area contributed by atoms with Crippen LogP contribution >= 0.6 is 0 Å². The minimum atomic E-state index is -0.819. The van der Waals surface area contributed by atoms with Gasteiger partial charge in [-0.15, -0.1) is 0 Å². The molecule has 0 aromatic heterocycles. The molecule has 0 spiro atoms. The Hall–Kier alpha value is -1.06. The monoisotopic (exact) mass is 198 g/mol. The van der Waals surface area contributed by atoms with Crippen molar-refractivity contribution in [3.8, 4) is 0 Å². The number of carboxylic acid groups (broad SMARTS) is 2. The molecule has 0 saturated heterocycles. The molecule has 0 aliphatic heterocycles. The van der Waals surface area contributed by atoms with Gasteiger partial charge in [0.1, 0.15) is 0 Å². The van der Waals surface area contributed by atoms with Gasteiger partial charge in [-0.1, -0.05) is 6.42 Å². The highest BCUT2D eigenvalue weighted by Gasteiger charge is 2.57. The van der Waals surface area contributed by atoms with E-state index in [-0.39, 0.29) is 5.92 Å². The molecule has 0 heterocycles. The molecule has 0 radical (unpaired) electrons. The van der Waals surface area contributed by atoms with E-state index in [1.807, 2.05) is 0 Å². The predicted molar refractivity (Wildman–Crippen MR) is 47.8 cm³/mol. The first kappa shape index (κ1) is 9.49. The number of hydrogen-bond donors (Lipinski definition) is 2. The fraction of sp³-hybridized carbons (Fsp3) is 0.800. The minimum absolute atomic E-state index is 0.127. The highest BCUT2D eigenvalue weighted by molar-refractivity contribution is 5.79. The van der Waals surface area contributed by atoms with E-state index in [2.05, 4.69) is 0 Å². The van der Waals surface area contributed by atoms with Gasteiger partial charge in [0.05, 0.1) is 11.3 Å². The predicted octanol–water partition coefficient (Wildman–Crippen LogP) is 1.35. The molecule has 2 rings (SSSR count). The van der Waals surface area contributed by atoms with Gasteiger partial charge in [0.25, 0.3) is 0 Å². The molecule has 4 heteroatoms. The van der Waals surface area contributed by atoms with E-state index in [0.29, 0.717) is 19.3 Å². The van der Waals surface area contributed by atoms with Gasteiger partial charge >= 0.3 is 11.9 Å². The van der Waals surface area contributed by atoms with Crippen molar-refractivity contribution in [2.75, 3.05) is 0 Å². The summed E-state index contributed by atoms with van der Waals surface area (Å²) in [6.07, 6.45) is 3.37. The van der Waals surface area contributed by atoms with Gasteiger partial charge in [0.15, 0.2) is 0 Å². The molecule has 78 valence electrons. The summed E-state index contributed by atoms with van der Waals surface area (Å²) in [4.78, 5) is 22.1. The van der Waals surface area contributed by atoms with Crippen molar-refractivity contribution in [3.63, 3.8) is 0 Å². The van der Waals surface area contributed by atoms with Crippen LogP contribution in [0.15, 0.2) is 0 Å². The average Bonchev–Trinajstić information content (AvgIpc) is 2.58. The molecule has 2 saturated carbocycles. The Morgan fingerprint density at radius 1 is 1.14 bits per heavy atom. The van der Waals surface area contributed by atoms with Crippen molar-refractivity contribution in [1.82, 2.24) is 0 Å². The van der Waals surface area contributed by atoms with Gasteiger partial charge in [-0.05, 0) is 31.6 Å². The van der Waals surface area contributed by atoms with Crippen LogP contribution in [0, 0.1) is 17.3 Å². The summed E-state index contributed by atoms with van der Waals surface area (Å²) in [5.74, 6) is -2.16. The molecule has 2 aliphatic rings. The van der Waals surface area contributed by atoms with Crippen molar-refractivity contribution in [1.29, 1.82) is 0 Å². The Balaban J connectivity index is 2.28. The molecule has 0 amide bonds. The Kier molecular flexibility index (Phi) is 2.01. The molecule has 4 nitrogen and oxygen atoms in total. The maximum Gasteiger partial charge on any atom is 0.309 e. The van der Waals surface area contributed by atoms with E-state index in [0.717, 1.165) is 12.8 Å². The summed E-state index contributed by atoms with van der Waals surface area (Å²) >= 11 is 0. The second-order valence-corrected chi connectivity index (χ2v) is 4.44. The lowest BCUT2D eigenvalue weighted by molar-refractivity contribution is -0.152. The average molecular weight is 198 g/mol. The molecular formula is C10H14O4. The lowest BCUT2D eigenvalue weighted by Gasteiger charge is -2.24. The number of fused-ring (bicyclic) bond motifs is 1. The number of carbonyl (C=O) groups is 2. The maximum atomic E-state index is 11.2. The highest BCUT2D eigenvalue weighted by atomic mass is 16.4. The lowest BCUT2D eigenvalue weighted by Crippen LogP contribution is -2.33. The molecule has 0 bridgehead atoms. The molecule has 0 aromatic carbocycles. The first-order valence-electron chi connectivity index (χ1n) is 5.04. The smallest absolute Gasteiger partial charge is 0.309 e. The van der Waals surface area contributed by atoms with Crippen molar-refractivity contribution in [2.45, 2.75) is 32.1 Å². The molecule has 2 N–H and O–H groups in total. The van der Waals surface area contributed by atoms with Gasteiger partial charge < -0.3 is 10.2 Å². The third-order valence-electron chi connectivity index (χ3n) is 3.98. The van der Waals surface area contributed by atoms with Crippen LogP contribution in [0.3, 0.4) is 0 Å². The number of hydrogen-bond acceptors (Lipinski definition) is 2. The first-order chi connectivity index (χ1) is 6.58. The number of aliphatic carboxylic acids is 2.